The van der Waals surface area contributed by atoms with Crippen LogP contribution >= 0.6 is 0 Å². The van der Waals surface area contributed by atoms with Gasteiger partial charge in [0.05, 0.1) is 0 Å². The van der Waals surface area contributed by atoms with Gasteiger partial charge in [-0.2, -0.15) is 0 Å². The molecule has 0 amide bonds. The maximum Gasteiger partial charge on any atom is -0.0321 e. The fourth-order valence-electron chi connectivity index (χ4n) is 1.47. The van der Waals surface area contributed by atoms with Crippen molar-refractivity contribution in [3.8, 4) is 0 Å². The van der Waals surface area contributed by atoms with E-state index in [0.29, 0.717) is 10.8 Å². The molecule has 61 valence electrons. The van der Waals surface area contributed by atoms with Crippen molar-refractivity contribution in [3.63, 3.8) is 0 Å². The summed E-state index contributed by atoms with van der Waals surface area (Å²) in [5.41, 5.74) is 0.855. The smallest absolute Gasteiger partial charge is 0.0321 e. The van der Waals surface area contributed by atoms with Crippen LogP contribution < -0.4 is 0 Å². The van der Waals surface area contributed by atoms with Crippen LogP contribution in [-0.4, -0.2) is 0 Å². The summed E-state index contributed by atoms with van der Waals surface area (Å²) in [5.74, 6) is 0. The highest BCUT2D eigenvalue weighted by Gasteiger charge is 2.23. The van der Waals surface area contributed by atoms with E-state index in [4.69, 9.17) is 0 Å². The Labute approximate surface area is 66.0 Å². The van der Waals surface area contributed by atoms with E-state index < -0.39 is 0 Å². The van der Waals surface area contributed by atoms with Gasteiger partial charge in [-0.15, -0.1) is 0 Å². The predicted molar refractivity (Wildman–Crippen MR) is 47.8 cm³/mol. The Balaban J connectivity index is 3.89. The van der Waals surface area contributed by atoms with Crippen molar-refractivity contribution in [1.29, 1.82) is 0 Å². The van der Waals surface area contributed by atoms with Gasteiger partial charge in [0.25, 0.3) is 0 Å². The fourth-order valence-corrected chi connectivity index (χ4v) is 1.47. The molecular weight excluding hydrogens is 120 g/mol. The molecule has 0 fully saturated rings. The van der Waals surface area contributed by atoms with E-state index in [0.717, 1.165) is 0 Å². The quantitative estimate of drug-likeness (QED) is 0.550. The van der Waals surface area contributed by atoms with Crippen LogP contribution in [0.4, 0.5) is 0 Å². The van der Waals surface area contributed by atoms with Gasteiger partial charge in [0.2, 0.25) is 0 Å². The number of hydrogen-bond donors (Lipinski definition) is 0. The first-order valence-corrected chi connectivity index (χ1v) is 4.07. The minimum Gasteiger partial charge on any atom is -0.0617 e. The largest absolute Gasteiger partial charge is 0.0617 e. The Morgan fingerprint density at radius 1 is 1.00 bits per heavy atom. The van der Waals surface area contributed by atoms with Gasteiger partial charge in [0.1, 0.15) is 0 Å². The normalized spacial score (nSPS) is 13.8. The van der Waals surface area contributed by atoms with Crippen molar-refractivity contribution >= 4 is 0 Å². The highest BCUT2D eigenvalue weighted by Crippen LogP contribution is 2.34. The van der Waals surface area contributed by atoms with E-state index in [9.17, 15) is 0 Å². The van der Waals surface area contributed by atoms with Crippen molar-refractivity contribution in [1.82, 2.24) is 0 Å². The van der Waals surface area contributed by atoms with Gasteiger partial charge in [-0.1, -0.05) is 41.5 Å². The van der Waals surface area contributed by atoms with Crippen LogP contribution in [0, 0.1) is 17.3 Å². The van der Waals surface area contributed by atoms with E-state index in [2.05, 4.69) is 48.0 Å². The highest BCUT2D eigenvalue weighted by atomic mass is 14.3. The van der Waals surface area contributed by atoms with Gasteiger partial charge >= 0.3 is 0 Å². The molecule has 10 heavy (non-hydrogen) atoms. The lowest BCUT2D eigenvalue weighted by Crippen LogP contribution is -2.19. The second kappa shape index (κ2) is 2.94. The Morgan fingerprint density at radius 2 is 1.40 bits per heavy atom. The minimum atomic E-state index is 0.401. The summed E-state index contributed by atoms with van der Waals surface area (Å²) in [6.45, 7) is 13.6. The van der Waals surface area contributed by atoms with Crippen molar-refractivity contribution in [2.45, 2.75) is 48.0 Å². The Kier molecular flexibility index (Phi) is 2.94. The monoisotopic (exact) mass is 141 g/mol. The fraction of sp³-hybridized carbons (Fsp3) is 0.900. The van der Waals surface area contributed by atoms with E-state index in [-0.39, 0.29) is 0 Å². The molecule has 0 bridgehead atoms. The molecule has 0 aliphatic carbocycles. The second-order valence-corrected chi connectivity index (χ2v) is 5.01. The molecule has 0 nitrogen and oxygen atoms in total. The first kappa shape index (κ1) is 10.0. The van der Waals surface area contributed by atoms with Crippen LogP contribution in [0.15, 0.2) is 0 Å². The summed E-state index contributed by atoms with van der Waals surface area (Å²) in [7, 11) is 0. The molecule has 0 heteroatoms. The minimum absolute atomic E-state index is 0.401. The molecule has 0 heterocycles. The van der Waals surface area contributed by atoms with Crippen molar-refractivity contribution < 1.29 is 0 Å². The molecule has 0 unspecified atom stereocenters. The van der Waals surface area contributed by atoms with Crippen LogP contribution in [-0.2, 0) is 0 Å². The third-order valence-electron chi connectivity index (χ3n) is 1.77. The van der Waals surface area contributed by atoms with Gasteiger partial charge < -0.3 is 0 Å². The molecule has 1 radical (unpaired) electrons. The summed E-state index contributed by atoms with van der Waals surface area (Å²) in [4.78, 5) is 0. The van der Waals surface area contributed by atoms with Crippen molar-refractivity contribution in [3.05, 3.63) is 6.42 Å². The zero-order valence-corrected chi connectivity index (χ0v) is 8.28. The average molecular weight is 141 g/mol. The van der Waals surface area contributed by atoms with Crippen LogP contribution in [0.3, 0.4) is 0 Å². The molecule has 0 saturated heterocycles. The second-order valence-electron chi connectivity index (χ2n) is 5.01. The molecular formula is C10H21. The summed E-state index contributed by atoms with van der Waals surface area (Å²) >= 11 is 0. The first-order chi connectivity index (χ1) is 4.27. The predicted octanol–water partition coefficient (Wildman–Crippen LogP) is 3.67. The standard InChI is InChI=1S/C10H21/c1-7-10(5,6)8-9(2,3)4/h7H,8H2,1-6H3. The third-order valence-corrected chi connectivity index (χ3v) is 1.77. The van der Waals surface area contributed by atoms with Crippen LogP contribution in [0.1, 0.15) is 48.0 Å². The summed E-state index contributed by atoms with van der Waals surface area (Å²) in [6.07, 6.45) is 3.55. The lowest BCUT2D eigenvalue weighted by Gasteiger charge is -2.31. The van der Waals surface area contributed by atoms with E-state index in [1.54, 1.807) is 0 Å². The maximum absolute atomic E-state index is 2.29. The summed E-state index contributed by atoms with van der Waals surface area (Å²) in [6, 6.07) is 0. The van der Waals surface area contributed by atoms with Crippen molar-refractivity contribution in [2.75, 3.05) is 0 Å². The lowest BCUT2D eigenvalue weighted by molar-refractivity contribution is 0.246. The number of hydrogen-bond acceptors (Lipinski definition) is 0. The molecule has 0 aromatic carbocycles. The first-order valence-electron chi connectivity index (χ1n) is 4.07. The number of rotatable bonds is 2. The van der Waals surface area contributed by atoms with Gasteiger partial charge in [-0.05, 0) is 23.7 Å². The molecule has 0 saturated carbocycles. The molecule has 0 aromatic heterocycles. The zero-order chi connectivity index (χ0) is 8.41. The van der Waals surface area contributed by atoms with Crippen LogP contribution in [0.25, 0.3) is 0 Å². The molecule has 0 spiro atoms. The van der Waals surface area contributed by atoms with E-state index in [1.807, 2.05) is 0 Å². The SMILES string of the molecule is C[CH]C(C)(C)CC(C)(C)C. The van der Waals surface area contributed by atoms with Crippen LogP contribution in [0.2, 0.25) is 0 Å². The highest BCUT2D eigenvalue weighted by molar-refractivity contribution is 4.84. The maximum atomic E-state index is 2.29. The van der Waals surface area contributed by atoms with E-state index >= 15 is 0 Å². The molecule has 0 atom stereocenters. The van der Waals surface area contributed by atoms with Gasteiger partial charge in [0, 0.05) is 0 Å². The lowest BCUT2D eigenvalue weighted by atomic mass is 9.75. The molecule has 0 aliphatic heterocycles. The average Bonchev–Trinajstić information content (AvgIpc) is 1.60. The third kappa shape index (κ3) is 4.84. The van der Waals surface area contributed by atoms with Gasteiger partial charge in [-0.25, -0.2) is 0 Å². The molecule has 0 aromatic rings. The Hall–Kier alpha value is 0. The zero-order valence-electron chi connectivity index (χ0n) is 8.28. The van der Waals surface area contributed by atoms with Gasteiger partial charge in [0.15, 0.2) is 0 Å². The Bertz CT molecular complexity index is 93.1. The van der Waals surface area contributed by atoms with Gasteiger partial charge in [-0.3, -0.25) is 0 Å². The van der Waals surface area contributed by atoms with E-state index in [1.165, 1.54) is 6.42 Å². The topological polar surface area (TPSA) is 0 Å². The summed E-state index contributed by atoms with van der Waals surface area (Å²) in [5, 5.41) is 0. The molecule has 0 aliphatic rings. The molecule has 0 rings (SSSR count). The van der Waals surface area contributed by atoms with Crippen LogP contribution in [0.5, 0.6) is 0 Å². The Morgan fingerprint density at radius 3 is 1.50 bits per heavy atom. The molecule has 0 N–H and O–H groups in total. The van der Waals surface area contributed by atoms with Crippen molar-refractivity contribution in [2.24, 2.45) is 10.8 Å². The summed E-state index contributed by atoms with van der Waals surface area (Å²) < 4.78 is 0.